The largest absolute Gasteiger partial charge is 0.439 e. The predicted molar refractivity (Wildman–Crippen MR) is 106 cm³/mol. The molecule has 1 aliphatic carbocycles. The number of nitrogens with one attached hydrogen (secondary N) is 2. The van der Waals surface area contributed by atoms with Crippen molar-refractivity contribution in [3.05, 3.63) is 45.7 Å². The molecular formula is C18H21FN6O3S. The molecule has 29 heavy (non-hydrogen) atoms. The van der Waals surface area contributed by atoms with Crippen LogP contribution in [0.25, 0.3) is 11.5 Å². The van der Waals surface area contributed by atoms with E-state index in [0.717, 1.165) is 38.8 Å². The van der Waals surface area contributed by atoms with Crippen LogP contribution in [-0.4, -0.2) is 50.1 Å². The fourth-order valence-electron chi connectivity index (χ4n) is 3.31. The summed E-state index contributed by atoms with van der Waals surface area (Å²) in [5.41, 5.74) is 2.86. The second-order valence-corrected chi connectivity index (χ2v) is 7.73. The molecule has 2 N–H and O–H groups in total. The van der Waals surface area contributed by atoms with Gasteiger partial charge in [-0.15, -0.1) is 0 Å². The maximum absolute atomic E-state index is 12.4. The molecule has 0 saturated carbocycles. The summed E-state index contributed by atoms with van der Waals surface area (Å²) in [6.07, 6.45) is 6.28. The lowest BCUT2D eigenvalue weighted by atomic mass is 9.89. The summed E-state index contributed by atoms with van der Waals surface area (Å²) in [5, 5.41) is 14.4. The molecule has 3 aromatic rings. The first-order valence-corrected chi connectivity index (χ1v) is 10.5. The van der Waals surface area contributed by atoms with Gasteiger partial charge in [-0.2, -0.15) is 0 Å². The average molecular weight is 420 g/mol. The van der Waals surface area contributed by atoms with Crippen molar-refractivity contribution < 1.29 is 13.5 Å². The highest BCUT2D eigenvalue weighted by atomic mass is 32.2. The molecule has 3 heterocycles. The molecule has 1 fully saturated rings. The monoisotopic (exact) mass is 420 g/mol. The molecule has 2 aromatic heterocycles. The van der Waals surface area contributed by atoms with Gasteiger partial charge in [0.05, 0.1) is 0 Å². The maximum Gasteiger partial charge on any atom is 0.439 e. The third kappa shape index (κ3) is 4.67. The average Bonchev–Trinajstić information content (AvgIpc) is 3.34. The van der Waals surface area contributed by atoms with Crippen LogP contribution in [0.15, 0.2) is 32.1 Å². The number of halogens is 1. The SMILES string of the molecule is CSN1CCC(Nc2nonc2-c2noc(=O)[nH]2)CC1.Fc1ccc2c(c1)CC2. The van der Waals surface area contributed by atoms with E-state index in [4.69, 9.17) is 4.63 Å². The summed E-state index contributed by atoms with van der Waals surface area (Å²) < 4.78 is 23.9. The molecule has 1 saturated heterocycles. The summed E-state index contributed by atoms with van der Waals surface area (Å²) in [7, 11) is 0. The number of rotatable bonds is 4. The van der Waals surface area contributed by atoms with E-state index in [2.05, 4.69) is 40.9 Å². The molecule has 154 valence electrons. The minimum absolute atomic E-state index is 0.103. The van der Waals surface area contributed by atoms with Crippen molar-refractivity contribution in [2.24, 2.45) is 0 Å². The first-order chi connectivity index (χ1) is 14.1. The Bertz CT molecular complexity index is 1010. The van der Waals surface area contributed by atoms with Crippen LogP contribution >= 0.6 is 11.9 Å². The first-order valence-electron chi connectivity index (χ1n) is 9.34. The third-order valence-electron chi connectivity index (χ3n) is 5.04. The van der Waals surface area contributed by atoms with Gasteiger partial charge in [0.15, 0.2) is 5.69 Å². The lowest BCUT2D eigenvalue weighted by Gasteiger charge is -2.30. The second-order valence-electron chi connectivity index (χ2n) is 6.85. The van der Waals surface area contributed by atoms with E-state index in [0.29, 0.717) is 17.6 Å². The number of H-pyrrole nitrogens is 1. The van der Waals surface area contributed by atoms with Crippen LogP contribution in [-0.2, 0) is 12.8 Å². The Balaban J connectivity index is 0.000000188. The van der Waals surface area contributed by atoms with Crippen LogP contribution in [0.4, 0.5) is 10.2 Å². The van der Waals surface area contributed by atoms with E-state index in [-0.39, 0.29) is 11.6 Å². The molecule has 2 aliphatic rings. The molecule has 0 atom stereocenters. The molecule has 0 amide bonds. The van der Waals surface area contributed by atoms with Gasteiger partial charge in [0, 0.05) is 19.1 Å². The molecule has 0 spiro atoms. The van der Waals surface area contributed by atoms with Gasteiger partial charge in [0.1, 0.15) is 5.82 Å². The standard InChI is InChI=1S/C10H14N6O3S.C8H7F/c1-20-16-4-2-6(3-5-16)11-8-7(13-19-15-8)9-12-10(17)18-14-9;9-8-4-3-6-1-2-7(6)5-8/h6H,2-5H2,1H3,(H,11,15)(H,12,14,17);3-5H,1-2H2. The van der Waals surface area contributed by atoms with E-state index in [1.807, 2.05) is 6.07 Å². The summed E-state index contributed by atoms with van der Waals surface area (Å²) in [6, 6.07) is 5.31. The van der Waals surface area contributed by atoms with Gasteiger partial charge >= 0.3 is 5.76 Å². The summed E-state index contributed by atoms with van der Waals surface area (Å²) >= 11 is 1.76. The molecule has 0 bridgehead atoms. The van der Waals surface area contributed by atoms with Crippen molar-refractivity contribution in [3.63, 3.8) is 0 Å². The zero-order valence-electron chi connectivity index (χ0n) is 15.9. The number of aromatic amines is 1. The molecule has 9 nitrogen and oxygen atoms in total. The van der Waals surface area contributed by atoms with Gasteiger partial charge in [0.25, 0.3) is 0 Å². The number of nitrogens with zero attached hydrogens (tertiary/aromatic N) is 4. The second kappa shape index (κ2) is 8.78. The third-order valence-corrected chi connectivity index (χ3v) is 5.92. The quantitative estimate of drug-likeness (QED) is 0.615. The molecule has 0 unspecified atom stereocenters. The van der Waals surface area contributed by atoms with Crippen LogP contribution in [0, 0.1) is 5.82 Å². The van der Waals surface area contributed by atoms with Crippen LogP contribution < -0.4 is 11.1 Å². The fraction of sp³-hybridized carbons (Fsp3) is 0.444. The van der Waals surface area contributed by atoms with Crippen molar-refractivity contribution in [2.45, 2.75) is 31.7 Å². The van der Waals surface area contributed by atoms with Gasteiger partial charge in [-0.3, -0.25) is 13.8 Å². The van der Waals surface area contributed by atoms with Crippen LogP contribution in [0.3, 0.4) is 0 Å². The number of hydrogen-bond acceptors (Lipinski definition) is 9. The number of hydrogen-bond donors (Lipinski definition) is 2. The Kier molecular flexibility index (Phi) is 5.95. The lowest BCUT2D eigenvalue weighted by Crippen LogP contribution is -2.35. The smallest absolute Gasteiger partial charge is 0.362 e. The van der Waals surface area contributed by atoms with Gasteiger partial charge in [-0.05, 0) is 65.5 Å². The van der Waals surface area contributed by atoms with E-state index in [1.165, 1.54) is 17.2 Å². The number of benzene rings is 1. The van der Waals surface area contributed by atoms with Crippen molar-refractivity contribution in [3.8, 4) is 11.5 Å². The van der Waals surface area contributed by atoms with Crippen LogP contribution in [0.1, 0.15) is 24.0 Å². The number of anilines is 1. The lowest BCUT2D eigenvalue weighted by molar-refractivity contribution is 0.308. The molecule has 5 rings (SSSR count). The minimum Gasteiger partial charge on any atom is -0.362 e. The van der Waals surface area contributed by atoms with Crippen molar-refractivity contribution in [1.82, 2.24) is 24.8 Å². The Morgan fingerprint density at radius 3 is 2.59 bits per heavy atom. The Morgan fingerprint density at radius 2 is 2.00 bits per heavy atom. The van der Waals surface area contributed by atoms with E-state index < -0.39 is 5.76 Å². The summed E-state index contributed by atoms with van der Waals surface area (Å²) in [6.45, 7) is 2.03. The first kappa shape index (κ1) is 19.6. The van der Waals surface area contributed by atoms with Crippen molar-refractivity contribution in [1.29, 1.82) is 0 Å². The molecule has 0 radical (unpaired) electrons. The van der Waals surface area contributed by atoms with E-state index in [1.54, 1.807) is 18.0 Å². The number of fused-ring (bicyclic) bond motifs is 1. The van der Waals surface area contributed by atoms with E-state index in [9.17, 15) is 9.18 Å². The van der Waals surface area contributed by atoms with Gasteiger partial charge in [-0.1, -0.05) is 23.2 Å². The summed E-state index contributed by atoms with van der Waals surface area (Å²) in [4.78, 5) is 13.4. The highest BCUT2D eigenvalue weighted by molar-refractivity contribution is 7.96. The Morgan fingerprint density at radius 1 is 1.21 bits per heavy atom. The fourth-order valence-corrected chi connectivity index (χ4v) is 3.89. The van der Waals surface area contributed by atoms with Crippen molar-refractivity contribution in [2.75, 3.05) is 24.7 Å². The maximum atomic E-state index is 12.4. The van der Waals surface area contributed by atoms with Gasteiger partial charge in [0.2, 0.25) is 11.6 Å². The molecule has 1 aromatic carbocycles. The summed E-state index contributed by atoms with van der Waals surface area (Å²) in [5.74, 6) is -0.0619. The number of piperidine rings is 1. The van der Waals surface area contributed by atoms with Gasteiger partial charge < -0.3 is 5.32 Å². The zero-order chi connectivity index (χ0) is 20.2. The molecular weight excluding hydrogens is 399 g/mol. The van der Waals surface area contributed by atoms with Crippen LogP contribution in [0.2, 0.25) is 0 Å². The minimum atomic E-state index is -0.637. The Labute approximate surface area is 170 Å². The number of aromatic nitrogens is 4. The highest BCUT2D eigenvalue weighted by Crippen LogP contribution is 2.24. The van der Waals surface area contributed by atoms with Crippen molar-refractivity contribution >= 4 is 17.8 Å². The van der Waals surface area contributed by atoms with E-state index >= 15 is 0 Å². The Hall–Kier alpha value is -2.66. The normalized spacial score (nSPS) is 16.5. The van der Waals surface area contributed by atoms with Crippen LogP contribution in [0.5, 0.6) is 0 Å². The predicted octanol–water partition coefficient (Wildman–Crippen LogP) is 2.49. The zero-order valence-corrected chi connectivity index (χ0v) is 16.7. The topological polar surface area (TPSA) is 113 Å². The van der Waals surface area contributed by atoms with Gasteiger partial charge in [-0.25, -0.2) is 13.8 Å². The number of aryl methyl sites for hydroxylation is 2. The highest BCUT2D eigenvalue weighted by Gasteiger charge is 2.23. The molecule has 11 heteroatoms. The molecule has 1 aliphatic heterocycles.